The second-order valence-electron chi connectivity index (χ2n) is 35.2. The molecule has 0 bridgehead atoms. The Morgan fingerprint density at radius 3 is 1.67 bits per heavy atom. The lowest BCUT2D eigenvalue weighted by atomic mass is 9.99. The van der Waals surface area contributed by atoms with Crippen LogP contribution in [0.15, 0.2) is 85.2 Å². The molecule has 39 nitrogen and oxygen atoms in total. The van der Waals surface area contributed by atoms with E-state index in [1.165, 1.54) is 62.1 Å². The van der Waals surface area contributed by atoms with Crippen molar-refractivity contribution in [3.05, 3.63) is 102 Å². The summed E-state index contributed by atoms with van der Waals surface area (Å²) in [5.74, 6) is -16.3. The van der Waals surface area contributed by atoms with Gasteiger partial charge < -0.3 is 115 Å². The summed E-state index contributed by atoms with van der Waals surface area (Å²) in [4.78, 5) is 261. The summed E-state index contributed by atoms with van der Waals surface area (Å²) in [6, 6.07) is 1.07. The Hall–Kier alpha value is -12.2. The number of para-hydroxylation sites is 2. The summed E-state index contributed by atoms with van der Waals surface area (Å²) in [7, 11) is 4.04. The highest BCUT2D eigenvalue weighted by Gasteiger charge is 2.55. The van der Waals surface area contributed by atoms with E-state index in [-0.39, 0.29) is 120 Å². The molecule has 3 aliphatic heterocycles. The second kappa shape index (κ2) is 46.9. The Morgan fingerprint density at radius 2 is 1.08 bits per heavy atom. The first-order chi connectivity index (χ1) is 61.8. The topological polar surface area (TPSA) is 577 Å². The Labute approximate surface area is 759 Å². The zero-order valence-corrected chi connectivity index (χ0v) is 76.3. The summed E-state index contributed by atoms with van der Waals surface area (Å²) in [5, 5.41) is 50.2. The number of nitrogens with one attached hydrogen (secondary N) is 12. The number of hydrogen-bond donors (Lipinski definition) is 17. The zero-order chi connectivity index (χ0) is 95.1. The van der Waals surface area contributed by atoms with E-state index in [1.807, 2.05) is 26.0 Å². The third kappa shape index (κ3) is 27.0. The van der Waals surface area contributed by atoms with Crippen LogP contribution in [-0.2, 0) is 101 Å². The van der Waals surface area contributed by atoms with Crippen LogP contribution in [0, 0.1) is 11.8 Å². The molecule has 20 N–H and O–H groups in total. The van der Waals surface area contributed by atoms with Crippen LogP contribution in [0.25, 0.3) is 21.8 Å². The van der Waals surface area contributed by atoms with E-state index in [0.29, 0.717) is 64.2 Å². The number of phenolic OH excluding ortho intramolecular Hbond substituents is 1. The van der Waals surface area contributed by atoms with E-state index in [9.17, 15) is 58.2 Å². The number of nitrogens with zero attached hydrogens (tertiary/aromatic N) is 5. The maximum Gasteiger partial charge on any atom is 0.246 e. The first-order valence-electron chi connectivity index (χ1n) is 44.6. The van der Waals surface area contributed by atoms with Crippen LogP contribution in [0.3, 0.4) is 0 Å². The third-order valence-electron chi connectivity index (χ3n) is 24.2. The maximum atomic E-state index is 15.8. The summed E-state index contributed by atoms with van der Waals surface area (Å²) in [5.41, 5.74) is 18.7. The first-order valence-corrected chi connectivity index (χ1v) is 45.8. The molecule has 4 aliphatic rings. The molecular weight excluding hydrogens is 1700 g/mol. The molecule has 17 amide bonds. The van der Waals surface area contributed by atoms with Gasteiger partial charge in [-0.1, -0.05) is 116 Å². The highest BCUT2D eigenvalue weighted by molar-refractivity contribution is 8.00. The number of unbranched alkanes of at least 4 members (excludes halogenated alkanes) is 2. The molecule has 3 saturated heterocycles. The molecule has 1 spiro atoms. The van der Waals surface area contributed by atoms with Crippen LogP contribution in [0.2, 0.25) is 0 Å². The van der Waals surface area contributed by atoms with Gasteiger partial charge in [-0.2, -0.15) is 0 Å². The fourth-order valence-electron chi connectivity index (χ4n) is 16.7. The number of H-pyrrole nitrogens is 2. The number of hydrogen-bond acceptors (Lipinski definition) is 21. The quantitative estimate of drug-likeness (QED) is 0.0389. The van der Waals surface area contributed by atoms with Gasteiger partial charge in [0.15, 0.2) is 0 Å². The molecule has 1 unspecified atom stereocenters. The van der Waals surface area contributed by atoms with Crippen molar-refractivity contribution in [2.24, 2.45) is 29.0 Å². The first kappa shape index (κ1) is 102. The molecular formula is C90H128N20O19S. The van der Waals surface area contributed by atoms with Gasteiger partial charge in [0.1, 0.15) is 89.8 Å². The number of carbonyl (C=O) groups is 17. The largest absolute Gasteiger partial charge is 0.508 e. The van der Waals surface area contributed by atoms with Crippen molar-refractivity contribution in [3.8, 4) is 5.75 Å². The van der Waals surface area contributed by atoms with Crippen molar-refractivity contribution in [2.75, 3.05) is 58.8 Å². The van der Waals surface area contributed by atoms with Crippen molar-refractivity contribution in [1.82, 2.24) is 87.6 Å². The fourth-order valence-corrected chi connectivity index (χ4v) is 17.6. The van der Waals surface area contributed by atoms with Gasteiger partial charge in [-0.25, -0.2) is 0 Å². The fraction of sp³-hybridized carbons (Fsp3) is 0.567. The minimum Gasteiger partial charge on any atom is -0.508 e. The molecule has 5 aromatic rings. The monoisotopic (exact) mass is 1820 g/mol. The Kier molecular flexibility index (Phi) is 36.6. The number of likely N-dealkylation sites (N-methyl/N-ethyl adjacent to an activating group) is 3. The number of thioether (sulfide) groups is 1. The number of phenols is 1. The molecule has 5 heterocycles. The van der Waals surface area contributed by atoms with Crippen LogP contribution < -0.4 is 70.4 Å². The predicted molar refractivity (Wildman–Crippen MR) is 483 cm³/mol. The number of primary amides is 2. The zero-order valence-electron chi connectivity index (χ0n) is 75.5. The number of aromatic nitrogens is 2. The van der Waals surface area contributed by atoms with Crippen molar-refractivity contribution < 1.29 is 91.7 Å². The third-order valence-corrected chi connectivity index (χ3v) is 25.3. The molecule has 2 aromatic heterocycles. The Morgan fingerprint density at radius 1 is 0.546 bits per heavy atom. The summed E-state index contributed by atoms with van der Waals surface area (Å²) in [6.07, 6.45) is 2.33. The maximum absolute atomic E-state index is 15.8. The number of amides is 17. The van der Waals surface area contributed by atoms with Gasteiger partial charge in [0, 0.05) is 99.9 Å². The predicted octanol–water partition coefficient (Wildman–Crippen LogP) is -0.591. The lowest BCUT2D eigenvalue weighted by Gasteiger charge is -2.36. The number of nitrogens with two attached hydrogens (primary N) is 3. The molecule has 1 aliphatic carbocycles. The van der Waals surface area contributed by atoms with Crippen LogP contribution in [0.5, 0.6) is 5.75 Å². The van der Waals surface area contributed by atoms with E-state index in [1.54, 1.807) is 76.5 Å². The highest BCUT2D eigenvalue weighted by Crippen LogP contribution is 2.38. The normalized spacial score (nSPS) is 25.5. The number of carbonyl (C=O) groups excluding carboxylic acids is 17. The number of benzene rings is 3. The number of aliphatic hydroxyl groups is 1. The van der Waals surface area contributed by atoms with E-state index in [0.717, 1.165) is 26.5 Å². The summed E-state index contributed by atoms with van der Waals surface area (Å²) in [6.45, 7) is 10.8. The van der Waals surface area contributed by atoms with Crippen LogP contribution in [0.4, 0.5) is 0 Å². The molecule has 4 fully saturated rings. The van der Waals surface area contributed by atoms with Crippen molar-refractivity contribution in [1.29, 1.82) is 0 Å². The van der Waals surface area contributed by atoms with Crippen molar-refractivity contribution >= 4 is 134 Å². The smallest absolute Gasteiger partial charge is 0.246 e. The van der Waals surface area contributed by atoms with Gasteiger partial charge in [0.05, 0.1) is 24.8 Å². The molecule has 40 heteroatoms. The second-order valence-corrected chi connectivity index (χ2v) is 36.2. The lowest BCUT2D eigenvalue weighted by Crippen LogP contribution is -2.61. The van der Waals surface area contributed by atoms with Crippen LogP contribution in [-0.4, -0.2) is 294 Å². The van der Waals surface area contributed by atoms with E-state index < -0.39 is 216 Å². The van der Waals surface area contributed by atoms with Gasteiger partial charge in [-0.05, 0) is 124 Å². The van der Waals surface area contributed by atoms with Crippen molar-refractivity contribution in [2.45, 2.75) is 254 Å². The van der Waals surface area contributed by atoms with Gasteiger partial charge in [0.2, 0.25) is 100 Å². The van der Waals surface area contributed by atoms with Crippen LogP contribution in [0.1, 0.15) is 161 Å². The standard InChI is InChI=1S/C90H128N20O19S/c1-11-13-24-69-81(121)99-62(36-49(3)4)79(119)103-68(77(117)96-45-74(93)114)47-130-48-75(115)97-65(38-52-27-29-55(111)30-28-52)84(124)106(8)51(7)76(116)101-67(42-73(92)113)86(126)109-35-19-26-70(109)83(123)105-90(32-33-90)89(129)104-64(37-50(5)6)87(127)110-46-56(112)41-72(110)82(122)100-63(39-53-43-94-59-22-17-15-20-57(53)59)80(120)98-61(31-34-91)78(118)102-66(40-54-44-95-60-23-18-16-21-58(54)60)85(125)108(10)71(25-14-12-2)88(128)107(69)9/h15-18,20-23,27-30,43-44,49-51,56,61-72,94-95,111-112H,11-14,19,24-26,31-42,45-48,91H2,1-10H3,(H2,92,113)(H2,93,114)(H,96,117)(H,97,115)(H,98,120)(H,99,121)(H,100,122)(H,101,116)(H,102,118)(H,103,119)(H,104,129)(H,105,123)/t51-,56+,61-,62-,63?,64-,65-,66-,67-,68-,69-,70-,71-,72-/m0/s1. The van der Waals surface area contributed by atoms with E-state index in [2.05, 4.69) is 63.1 Å². The van der Waals surface area contributed by atoms with E-state index >= 15 is 33.6 Å². The van der Waals surface area contributed by atoms with Gasteiger partial charge in [-0.15, -0.1) is 11.8 Å². The highest BCUT2D eigenvalue weighted by atomic mass is 32.2. The molecule has 14 atom stereocenters. The molecule has 9 rings (SSSR count). The number of rotatable bonds is 23. The Bertz CT molecular complexity index is 4920. The summed E-state index contributed by atoms with van der Waals surface area (Å²) >= 11 is 0.809. The Balaban J connectivity index is 1.08. The number of aromatic hydroxyl groups is 1. The lowest BCUT2D eigenvalue weighted by molar-refractivity contribution is -0.149. The molecule has 708 valence electrons. The van der Waals surface area contributed by atoms with E-state index in [4.69, 9.17) is 17.2 Å². The van der Waals surface area contributed by atoms with Gasteiger partial charge in [0.25, 0.3) is 0 Å². The van der Waals surface area contributed by atoms with Gasteiger partial charge >= 0.3 is 0 Å². The van der Waals surface area contributed by atoms with Gasteiger partial charge in [-0.3, -0.25) is 81.5 Å². The minimum absolute atomic E-state index is 0.0172. The molecule has 0 radical (unpaired) electrons. The molecule has 3 aromatic carbocycles. The van der Waals surface area contributed by atoms with Crippen LogP contribution >= 0.6 is 11.8 Å². The summed E-state index contributed by atoms with van der Waals surface area (Å²) < 4.78 is 0. The SMILES string of the molecule is CCCC[C@H]1C(=O)N(C)[C@@H](CCCC)C(=O)N[C@@H](CC(C)C)C(=O)N[C@H](C(=O)NCC(N)=O)CSCC(=O)N[C@@H](Cc2ccc(O)cc2)C(=O)N(C)[C@@H](C)C(=O)N[C@@H](CC(N)=O)C(=O)N2CCC[C@H]2C(=O)NC2(CC2)C(=O)N[C@@H](CC(C)C)C(=O)N2C[C@H](O)C[C@H]2C(=O)NC(Cc2c[nH]c3ccccc23)C(=O)N[C@@H](CCN)C(=O)N[C@@H](Cc2c[nH]c3ccccc23)C(=O)N1C. The number of fused-ring (bicyclic) bond motifs is 4. The minimum atomic E-state index is -1.72. The van der Waals surface area contributed by atoms with Crippen molar-refractivity contribution in [3.63, 3.8) is 0 Å². The average Bonchev–Trinajstić information content (AvgIpc) is 1.61. The molecule has 1 saturated carbocycles. The average molecular weight is 1830 g/mol. The molecule has 130 heavy (non-hydrogen) atoms. The number of aliphatic hydroxyl groups excluding tert-OH is 1. The number of aromatic amines is 2.